The summed E-state index contributed by atoms with van der Waals surface area (Å²) in [7, 11) is 0. The predicted molar refractivity (Wildman–Crippen MR) is 76.2 cm³/mol. The Bertz CT molecular complexity index is 365. The van der Waals surface area contributed by atoms with Gasteiger partial charge in [-0.2, -0.15) is 0 Å². The lowest BCUT2D eigenvalue weighted by atomic mass is 10.1. The van der Waals surface area contributed by atoms with E-state index in [0.29, 0.717) is 18.4 Å². The fraction of sp³-hybridized carbons (Fsp3) is 0.600. The highest BCUT2D eigenvalue weighted by Gasteiger charge is 2.12. The van der Waals surface area contributed by atoms with Crippen LogP contribution in [0.25, 0.3) is 0 Å². The molecule has 0 aliphatic carbocycles. The van der Waals surface area contributed by atoms with Crippen molar-refractivity contribution in [2.24, 2.45) is 17.6 Å². The summed E-state index contributed by atoms with van der Waals surface area (Å²) in [6.45, 7) is 11.0. The van der Waals surface area contributed by atoms with Gasteiger partial charge in [0, 0.05) is 25.3 Å². The zero-order valence-corrected chi connectivity index (χ0v) is 11.9. The summed E-state index contributed by atoms with van der Waals surface area (Å²) in [4.78, 5) is 2.25. The van der Waals surface area contributed by atoms with Crippen LogP contribution in [0.2, 0.25) is 0 Å². The van der Waals surface area contributed by atoms with Crippen LogP contribution in [-0.2, 0) is 6.54 Å². The molecule has 1 aromatic carbocycles. The van der Waals surface area contributed by atoms with Crippen LogP contribution >= 0.6 is 0 Å². The van der Waals surface area contributed by atoms with E-state index in [-0.39, 0.29) is 5.82 Å². The second-order valence-electron chi connectivity index (χ2n) is 5.71. The van der Waals surface area contributed by atoms with Gasteiger partial charge in [0.15, 0.2) is 0 Å². The fourth-order valence-corrected chi connectivity index (χ4v) is 2.10. The van der Waals surface area contributed by atoms with Crippen molar-refractivity contribution < 1.29 is 4.39 Å². The van der Waals surface area contributed by atoms with Crippen LogP contribution in [0.5, 0.6) is 0 Å². The molecule has 0 unspecified atom stereocenters. The van der Waals surface area contributed by atoms with Crippen LogP contribution in [0.4, 0.5) is 10.1 Å². The van der Waals surface area contributed by atoms with E-state index < -0.39 is 0 Å². The van der Waals surface area contributed by atoms with Gasteiger partial charge in [-0.1, -0.05) is 27.7 Å². The molecule has 0 amide bonds. The molecule has 0 aliphatic heterocycles. The van der Waals surface area contributed by atoms with Gasteiger partial charge in [-0.3, -0.25) is 0 Å². The molecule has 0 aliphatic rings. The lowest BCUT2D eigenvalue weighted by Crippen LogP contribution is -2.31. The zero-order chi connectivity index (χ0) is 13.7. The number of halogens is 1. The summed E-state index contributed by atoms with van der Waals surface area (Å²) in [5, 5.41) is 0. The molecule has 0 aromatic heterocycles. The van der Waals surface area contributed by atoms with Crippen LogP contribution < -0.4 is 10.6 Å². The number of nitrogens with two attached hydrogens (primary N) is 1. The molecule has 0 saturated carbocycles. The summed E-state index contributed by atoms with van der Waals surface area (Å²) in [6.07, 6.45) is 0. The third kappa shape index (κ3) is 4.65. The van der Waals surface area contributed by atoms with E-state index in [4.69, 9.17) is 5.73 Å². The number of nitrogens with zero attached hydrogens (tertiary/aromatic N) is 1. The molecule has 0 spiro atoms. The molecule has 102 valence electrons. The number of hydrogen-bond acceptors (Lipinski definition) is 2. The molecule has 0 fully saturated rings. The minimum absolute atomic E-state index is 0.203. The maximum Gasteiger partial charge on any atom is 0.125 e. The normalized spacial score (nSPS) is 11.3. The van der Waals surface area contributed by atoms with Crippen LogP contribution in [0.3, 0.4) is 0 Å². The van der Waals surface area contributed by atoms with E-state index in [9.17, 15) is 4.39 Å². The molecule has 3 heteroatoms. The highest BCUT2D eigenvalue weighted by Crippen LogP contribution is 2.21. The van der Waals surface area contributed by atoms with Crippen LogP contribution in [0, 0.1) is 17.7 Å². The van der Waals surface area contributed by atoms with Crippen molar-refractivity contribution in [2.75, 3.05) is 18.0 Å². The van der Waals surface area contributed by atoms with Crippen molar-refractivity contribution in [3.63, 3.8) is 0 Å². The fourth-order valence-electron chi connectivity index (χ4n) is 2.10. The molecular weight excluding hydrogens is 227 g/mol. The molecule has 1 rings (SSSR count). The van der Waals surface area contributed by atoms with Crippen molar-refractivity contribution in [3.8, 4) is 0 Å². The first kappa shape index (κ1) is 15.0. The van der Waals surface area contributed by atoms with E-state index in [0.717, 1.165) is 24.3 Å². The van der Waals surface area contributed by atoms with E-state index >= 15 is 0 Å². The van der Waals surface area contributed by atoms with Crippen molar-refractivity contribution in [1.29, 1.82) is 0 Å². The summed E-state index contributed by atoms with van der Waals surface area (Å²) in [6, 6.07) is 5.10. The SMILES string of the molecule is CC(C)CN(CC(C)C)c1cc(F)cc(CN)c1. The Kier molecular flexibility index (Phi) is 5.60. The van der Waals surface area contributed by atoms with Gasteiger partial charge in [0.25, 0.3) is 0 Å². The van der Waals surface area contributed by atoms with Crippen LogP contribution in [-0.4, -0.2) is 13.1 Å². The molecule has 2 nitrogen and oxygen atoms in total. The maximum absolute atomic E-state index is 13.6. The minimum Gasteiger partial charge on any atom is -0.371 e. The molecule has 1 aromatic rings. The van der Waals surface area contributed by atoms with E-state index in [2.05, 4.69) is 32.6 Å². The Labute approximate surface area is 110 Å². The van der Waals surface area contributed by atoms with Crippen LogP contribution in [0.1, 0.15) is 33.3 Å². The van der Waals surface area contributed by atoms with E-state index in [1.165, 1.54) is 6.07 Å². The van der Waals surface area contributed by atoms with Gasteiger partial charge in [-0.05, 0) is 35.6 Å². The van der Waals surface area contributed by atoms with Crippen molar-refractivity contribution in [2.45, 2.75) is 34.2 Å². The molecule has 0 atom stereocenters. The standard InChI is InChI=1S/C15H25FN2/c1-11(2)9-18(10-12(3)4)15-6-13(8-17)5-14(16)7-15/h5-7,11-12H,8-10,17H2,1-4H3. The Morgan fingerprint density at radius 3 is 2.06 bits per heavy atom. The Morgan fingerprint density at radius 1 is 1.06 bits per heavy atom. The monoisotopic (exact) mass is 252 g/mol. The number of anilines is 1. The summed E-state index contributed by atoms with van der Waals surface area (Å²) >= 11 is 0. The zero-order valence-electron chi connectivity index (χ0n) is 11.9. The average Bonchev–Trinajstić information content (AvgIpc) is 2.26. The second-order valence-corrected chi connectivity index (χ2v) is 5.71. The van der Waals surface area contributed by atoms with Gasteiger partial charge >= 0.3 is 0 Å². The summed E-state index contributed by atoms with van der Waals surface area (Å²) in [5.41, 5.74) is 7.40. The molecule has 2 N–H and O–H groups in total. The Hall–Kier alpha value is -1.09. The summed E-state index contributed by atoms with van der Waals surface area (Å²) < 4.78 is 13.6. The van der Waals surface area contributed by atoms with Gasteiger partial charge in [0.2, 0.25) is 0 Å². The molecule has 18 heavy (non-hydrogen) atoms. The smallest absolute Gasteiger partial charge is 0.125 e. The first-order valence-corrected chi connectivity index (χ1v) is 6.66. The number of benzene rings is 1. The number of hydrogen-bond donors (Lipinski definition) is 1. The first-order chi connectivity index (χ1) is 8.42. The minimum atomic E-state index is -0.203. The Balaban J connectivity index is 2.99. The van der Waals surface area contributed by atoms with Gasteiger partial charge < -0.3 is 10.6 Å². The molecule has 0 radical (unpaired) electrons. The topological polar surface area (TPSA) is 29.3 Å². The second kappa shape index (κ2) is 6.74. The van der Waals surface area contributed by atoms with Gasteiger partial charge in [0.1, 0.15) is 5.82 Å². The van der Waals surface area contributed by atoms with Crippen molar-refractivity contribution in [1.82, 2.24) is 0 Å². The molecular formula is C15H25FN2. The largest absolute Gasteiger partial charge is 0.371 e. The third-order valence-corrected chi connectivity index (χ3v) is 2.71. The molecule has 0 bridgehead atoms. The van der Waals surface area contributed by atoms with E-state index in [1.807, 2.05) is 6.07 Å². The lowest BCUT2D eigenvalue weighted by Gasteiger charge is -2.29. The van der Waals surface area contributed by atoms with Gasteiger partial charge in [-0.25, -0.2) is 4.39 Å². The molecule has 0 saturated heterocycles. The van der Waals surface area contributed by atoms with Crippen molar-refractivity contribution >= 4 is 5.69 Å². The predicted octanol–water partition coefficient (Wildman–Crippen LogP) is 3.40. The Morgan fingerprint density at radius 2 is 1.61 bits per heavy atom. The van der Waals surface area contributed by atoms with E-state index in [1.54, 1.807) is 6.07 Å². The highest BCUT2D eigenvalue weighted by atomic mass is 19.1. The highest BCUT2D eigenvalue weighted by molar-refractivity contribution is 5.49. The third-order valence-electron chi connectivity index (χ3n) is 2.71. The van der Waals surface area contributed by atoms with Crippen LogP contribution in [0.15, 0.2) is 18.2 Å². The average molecular weight is 252 g/mol. The molecule has 0 heterocycles. The quantitative estimate of drug-likeness (QED) is 0.840. The summed E-state index contributed by atoms with van der Waals surface area (Å²) in [5.74, 6) is 0.896. The maximum atomic E-state index is 13.6. The lowest BCUT2D eigenvalue weighted by molar-refractivity contribution is 0.550. The number of rotatable bonds is 6. The van der Waals surface area contributed by atoms with Gasteiger partial charge in [0.05, 0.1) is 0 Å². The van der Waals surface area contributed by atoms with Crippen molar-refractivity contribution in [3.05, 3.63) is 29.6 Å². The first-order valence-electron chi connectivity index (χ1n) is 6.66. The van der Waals surface area contributed by atoms with Gasteiger partial charge in [-0.15, -0.1) is 0 Å².